The van der Waals surface area contributed by atoms with E-state index in [0.717, 1.165) is 18.8 Å². The van der Waals surface area contributed by atoms with Gasteiger partial charge < -0.3 is 5.32 Å². The lowest BCUT2D eigenvalue weighted by molar-refractivity contribution is 0.349. The zero-order chi connectivity index (χ0) is 16.0. The fourth-order valence-electron chi connectivity index (χ4n) is 3.80. The first-order valence-electron chi connectivity index (χ1n) is 8.31. The molecule has 3 aromatic rings. The summed E-state index contributed by atoms with van der Waals surface area (Å²) in [5, 5.41) is 13.5. The summed E-state index contributed by atoms with van der Waals surface area (Å²) in [4.78, 5) is 0. The maximum Gasteiger partial charge on any atom is 0.103 e. The number of nitrogens with one attached hydrogen (secondary N) is 1. The van der Waals surface area contributed by atoms with Crippen molar-refractivity contribution in [2.75, 3.05) is 13.1 Å². The zero-order valence-corrected chi connectivity index (χ0v) is 14.0. The van der Waals surface area contributed by atoms with Crippen molar-refractivity contribution in [1.82, 2.24) is 24.9 Å². The third-order valence-corrected chi connectivity index (χ3v) is 5.08. The van der Waals surface area contributed by atoms with Gasteiger partial charge in [-0.15, -0.1) is 0 Å². The lowest BCUT2D eigenvalue weighted by Crippen LogP contribution is -2.34. The topological polar surface area (TPSA) is 47.7 Å². The molecule has 2 aromatic heterocycles. The summed E-state index contributed by atoms with van der Waals surface area (Å²) in [6, 6.07) is 4.62. The SMILES string of the molecule is Cc1cc2cnn(-c3cnn(C)c3)c2cc1C1CCNC[C@H]1C. The number of hydrogen-bond acceptors (Lipinski definition) is 3. The summed E-state index contributed by atoms with van der Waals surface area (Å²) in [6.45, 7) is 6.78. The van der Waals surface area contributed by atoms with Gasteiger partial charge in [0.05, 0.1) is 24.1 Å². The van der Waals surface area contributed by atoms with Crippen molar-refractivity contribution in [3.8, 4) is 5.69 Å². The molecule has 0 amide bonds. The molecule has 1 fully saturated rings. The highest BCUT2D eigenvalue weighted by Gasteiger charge is 2.24. The molecular weight excluding hydrogens is 286 g/mol. The third kappa shape index (κ3) is 2.45. The average Bonchev–Trinajstić information content (AvgIpc) is 3.13. The molecule has 0 spiro atoms. The van der Waals surface area contributed by atoms with Crippen molar-refractivity contribution < 1.29 is 0 Å². The first-order chi connectivity index (χ1) is 11.1. The van der Waals surface area contributed by atoms with Gasteiger partial charge in [-0.2, -0.15) is 10.2 Å². The van der Waals surface area contributed by atoms with Crippen LogP contribution in [0.1, 0.15) is 30.4 Å². The molecule has 0 bridgehead atoms. The summed E-state index contributed by atoms with van der Waals surface area (Å²) in [5.74, 6) is 1.28. The van der Waals surface area contributed by atoms with Gasteiger partial charge in [0.2, 0.25) is 0 Å². The Morgan fingerprint density at radius 2 is 2.09 bits per heavy atom. The van der Waals surface area contributed by atoms with Crippen LogP contribution < -0.4 is 5.32 Å². The normalized spacial score (nSPS) is 21.9. The molecule has 2 atom stereocenters. The first-order valence-corrected chi connectivity index (χ1v) is 8.31. The van der Waals surface area contributed by atoms with Gasteiger partial charge in [-0.05, 0) is 61.5 Å². The Balaban J connectivity index is 1.84. The minimum atomic E-state index is 0.623. The van der Waals surface area contributed by atoms with E-state index in [1.54, 1.807) is 0 Å². The molecule has 1 saturated heterocycles. The smallest absolute Gasteiger partial charge is 0.103 e. The monoisotopic (exact) mass is 309 g/mol. The summed E-state index contributed by atoms with van der Waals surface area (Å²) >= 11 is 0. The molecule has 1 unspecified atom stereocenters. The van der Waals surface area contributed by atoms with E-state index in [2.05, 4.69) is 41.5 Å². The lowest BCUT2D eigenvalue weighted by atomic mass is 9.80. The Morgan fingerprint density at radius 1 is 1.22 bits per heavy atom. The quantitative estimate of drug-likeness (QED) is 0.792. The molecule has 1 N–H and O–H groups in total. The second-order valence-corrected chi connectivity index (χ2v) is 6.77. The van der Waals surface area contributed by atoms with Crippen LogP contribution in [0.25, 0.3) is 16.6 Å². The van der Waals surface area contributed by atoms with Gasteiger partial charge in [-0.25, -0.2) is 4.68 Å². The zero-order valence-electron chi connectivity index (χ0n) is 14.0. The molecule has 0 radical (unpaired) electrons. The van der Waals surface area contributed by atoms with Crippen molar-refractivity contribution in [1.29, 1.82) is 0 Å². The summed E-state index contributed by atoms with van der Waals surface area (Å²) in [6.07, 6.45) is 7.01. The highest BCUT2D eigenvalue weighted by atomic mass is 15.3. The van der Waals surface area contributed by atoms with E-state index in [-0.39, 0.29) is 0 Å². The maximum absolute atomic E-state index is 4.58. The fraction of sp³-hybridized carbons (Fsp3) is 0.444. The van der Waals surface area contributed by atoms with E-state index < -0.39 is 0 Å². The standard InChI is InChI=1S/C18H23N5/c1-12-6-14-9-21-23(15-10-20-22(3)11-15)18(14)7-17(12)16-4-5-19-8-13(16)2/h6-7,9-11,13,16,19H,4-5,8H2,1-3H3/t13-,16?/m1/s1. The molecule has 5 nitrogen and oxygen atoms in total. The van der Waals surface area contributed by atoms with Crippen LogP contribution in [0.4, 0.5) is 0 Å². The second-order valence-electron chi connectivity index (χ2n) is 6.77. The maximum atomic E-state index is 4.58. The molecule has 5 heteroatoms. The van der Waals surface area contributed by atoms with Crippen LogP contribution in [0.5, 0.6) is 0 Å². The molecule has 1 aliphatic heterocycles. The molecule has 3 heterocycles. The molecule has 23 heavy (non-hydrogen) atoms. The molecule has 120 valence electrons. The first kappa shape index (κ1) is 14.5. The second kappa shape index (κ2) is 5.49. The number of nitrogens with zero attached hydrogens (tertiary/aromatic N) is 4. The van der Waals surface area contributed by atoms with E-state index in [1.807, 2.05) is 35.0 Å². The van der Waals surface area contributed by atoms with Gasteiger partial charge in [-0.3, -0.25) is 4.68 Å². The van der Waals surface area contributed by atoms with Crippen molar-refractivity contribution in [2.24, 2.45) is 13.0 Å². The average molecular weight is 309 g/mol. The Kier molecular flexibility index (Phi) is 3.45. The minimum absolute atomic E-state index is 0.623. The van der Waals surface area contributed by atoms with Crippen molar-refractivity contribution >= 4 is 10.9 Å². The van der Waals surface area contributed by atoms with Crippen LogP contribution >= 0.6 is 0 Å². The number of aromatic nitrogens is 4. The number of aryl methyl sites for hydroxylation is 2. The highest BCUT2D eigenvalue weighted by Crippen LogP contribution is 2.34. The largest absolute Gasteiger partial charge is 0.316 e. The Hall–Kier alpha value is -2.14. The van der Waals surface area contributed by atoms with E-state index in [1.165, 1.54) is 28.5 Å². The van der Waals surface area contributed by atoms with Crippen molar-refractivity contribution in [3.63, 3.8) is 0 Å². The van der Waals surface area contributed by atoms with E-state index in [9.17, 15) is 0 Å². The van der Waals surface area contributed by atoms with Gasteiger partial charge in [-0.1, -0.05) is 6.92 Å². The molecule has 0 saturated carbocycles. The summed E-state index contributed by atoms with van der Waals surface area (Å²) < 4.78 is 3.81. The molecule has 0 aliphatic carbocycles. The third-order valence-electron chi connectivity index (χ3n) is 5.08. The van der Waals surface area contributed by atoms with Gasteiger partial charge in [0.1, 0.15) is 5.69 Å². The molecule has 4 rings (SSSR count). The summed E-state index contributed by atoms with van der Waals surface area (Å²) in [5.41, 5.74) is 5.03. The Labute approximate surface area is 136 Å². The Bertz CT molecular complexity index is 844. The lowest BCUT2D eigenvalue weighted by Gasteiger charge is -2.31. The predicted molar refractivity (Wildman–Crippen MR) is 92.0 cm³/mol. The van der Waals surface area contributed by atoms with Crippen LogP contribution in [-0.2, 0) is 7.05 Å². The van der Waals surface area contributed by atoms with Gasteiger partial charge in [0.25, 0.3) is 0 Å². The van der Waals surface area contributed by atoms with E-state index in [4.69, 9.17) is 0 Å². The number of benzene rings is 1. The summed E-state index contributed by atoms with van der Waals surface area (Å²) in [7, 11) is 1.93. The minimum Gasteiger partial charge on any atom is -0.316 e. The number of rotatable bonds is 2. The number of hydrogen-bond donors (Lipinski definition) is 1. The van der Waals surface area contributed by atoms with Crippen LogP contribution in [-0.4, -0.2) is 32.7 Å². The van der Waals surface area contributed by atoms with Gasteiger partial charge in [0.15, 0.2) is 0 Å². The fourth-order valence-corrected chi connectivity index (χ4v) is 3.80. The van der Waals surface area contributed by atoms with E-state index >= 15 is 0 Å². The van der Waals surface area contributed by atoms with E-state index in [0.29, 0.717) is 11.8 Å². The van der Waals surface area contributed by atoms with Crippen LogP contribution in [0, 0.1) is 12.8 Å². The van der Waals surface area contributed by atoms with Gasteiger partial charge >= 0.3 is 0 Å². The van der Waals surface area contributed by atoms with Crippen LogP contribution in [0.15, 0.2) is 30.7 Å². The predicted octanol–water partition coefficient (Wildman–Crippen LogP) is 2.78. The van der Waals surface area contributed by atoms with Crippen LogP contribution in [0.3, 0.4) is 0 Å². The molecule has 1 aromatic carbocycles. The number of piperidine rings is 1. The highest BCUT2D eigenvalue weighted by molar-refractivity contribution is 5.82. The Morgan fingerprint density at radius 3 is 2.83 bits per heavy atom. The molecule has 1 aliphatic rings. The van der Waals surface area contributed by atoms with Crippen molar-refractivity contribution in [2.45, 2.75) is 26.2 Å². The number of fused-ring (bicyclic) bond motifs is 1. The van der Waals surface area contributed by atoms with Crippen LogP contribution in [0.2, 0.25) is 0 Å². The van der Waals surface area contributed by atoms with Gasteiger partial charge in [0, 0.05) is 12.4 Å². The van der Waals surface area contributed by atoms with Crippen molar-refractivity contribution in [3.05, 3.63) is 41.9 Å². The molecular formula is C18H23N5.